The molecule has 25 heavy (non-hydrogen) atoms. The van der Waals surface area contributed by atoms with Gasteiger partial charge in [-0.25, -0.2) is 0 Å². The van der Waals surface area contributed by atoms with Crippen LogP contribution in [0, 0.1) is 0 Å². The topological polar surface area (TPSA) is 88.1 Å². The van der Waals surface area contributed by atoms with Gasteiger partial charge in [-0.15, -0.1) is 4.72 Å². The van der Waals surface area contributed by atoms with Crippen molar-refractivity contribution in [2.75, 3.05) is 51.7 Å². The molecular weight excluding hydrogens is 342 g/mol. The smallest absolute Gasteiger partial charge is 0.144 e. The molecule has 3 rings (SSSR count). The van der Waals surface area contributed by atoms with Gasteiger partial charge in [-0.3, -0.25) is 9.80 Å². The van der Waals surface area contributed by atoms with Crippen LogP contribution in [0.15, 0.2) is 30.3 Å². The van der Waals surface area contributed by atoms with Crippen LogP contribution >= 0.6 is 0 Å². The lowest BCUT2D eigenvalue weighted by Crippen LogP contribution is -2.55. The van der Waals surface area contributed by atoms with Crippen LogP contribution in [0.4, 0.5) is 0 Å². The van der Waals surface area contributed by atoms with Crippen molar-refractivity contribution in [1.29, 1.82) is 0 Å². The van der Waals surface area contributed by atoms with E-state index in [4.69, 9.17) is 9.84 Å². The zero-order valence-corrected chi connectivity index (χ0v) is 15.2. The van der Waals surface area contributed by atoms with Crippen LogP contribution in [-0.4, -0.2) is 83.2 Å². The first kappa shape index (κ1) is 18.9. The zero-order chi connectivity index (χ0) is 17.7. The van der Waals surface area contributed by atoms with Crippen molar-refractivity contribution in [3.8, 4) is 0 Å². The second kappa shape index (κ2) is 8.68. The average molecular weight is 369 g/mol. The fourth-order valence-corrected chi connectivity index (χ4v) is 5.22. The van der Waals surface area contributed by atoms with Gasteiger partial charge >= 0.3 is 0 Å². The summed E-state index contributed by atoms with van der Waals surface area (Å²) in [4.78, 5) is 4.44. The summed E-state index contributed by atoms with van der Waals surface area (Å²) in [6.07, 6.45) is 0. The Bertz CT molecular complexity index is 581. The van der Waals surface area contributed by atoms with E-state index in [-0.39, 0.29) is 24.4 Å². The molecule has 2 N–H and O–H groups in total. The van der Waals surface area contributed by atoms with E-state index in [2.05, 4.69) is 14.5 Å². The molecule has 0 radical (unpaired) electrons. The molecule has 0 spiro atoms. The first-order valence-corrected chi connectivity index (χ1v) is 10.4. The lowest BCUT2D eigenvalue weighted by atomic mass is 10.1. The highest BCUT2D eigenvalue weighted by atomic mass is 32.3. The standard InChI is InChI=1S/C17H27N3O4S/c21-11-10-19-6-8-20(9-7-19)17-14-25(22,23)18-16(17)13-24-12-15-4-2-1-3-5-15/h1-5,16-17,21H,6-14H2,(H-,18,22,23)/t16-,17-/m1/s1. The number of sulfonamides is 1. The number of aliphatic hydroxyl groups excluding tert-OH is 1. The molecule has 0 amide bonds. The zero-order valence-electron chi connectivity index (χ0n) is 14.4. The minimum Gasteiger partial charge on any atom is -0.598 e. The Kier molecular flexibility index (Phi) is 6.56. The third kappa shape index (κ3) is 5.30. The van der Waals surface area contributed by atoms with Gasteiger partial charge in [0.2, 0.25) is 0 Å². The number of nitrogens with zero attached hydrogens (tertiary/aromatic N) is 2. The summed E-state index contributed by atoms with van der Waals surface area (Å²) in [6, 6.07) is 9.61. The lowest BCUT2D eigenvalue weighted by molar-refractivity contribution is 0.0500. The Hall–Kier alpha value is -0.870. The fourth-order valence-electron chi connectivity index (χ4n) is 3.54. The van der Waals surface area contributed by atoms with E-state index < -0.39 is 10.4 Å². The van der Waals surface area contributed by atoms with Crippen LogP contribution in [0.2, 0.25) is 0 Å². The van der Waals surface area contributed by atoms with Gasteiger partial charge in [0.15, 0.2) is 0 Å². The normalized spacial score (nSPS) is 31.4. The van der Waals surface area contributed by atoms with Gasteiger partial charge in [0.05, 0.1) is 31.9 Å². The number of benzene rings is 1. The Labute approximate surface area is 150 Å². The number of piperazine rings is 1. The van der Waals surface area contributed by atoms with Gasteiger partial charge in [-0.1, -0.05) is 34.5 Å². The largest absolute Gasteiger partial charge is 0.598 e. The Morgan fingerprint density at radius 3 is 2.64 bits per heavy atom. The van der Waals surface area contributed by atoms with Crippen LogP contribution in [0.1, 0.15) is 5.56 Å². The van der Waals surface area contributed by atoms with Gasteiger partial charge in [0.1, 0.15) is 16.2 Å². The summed E-state index contributed by atoms with van der Waals surface area (Å²) in [5.74, 6) is 0.131. The fraction of sp³-hybridized carbons (Fsp3) is 0.647. The molecule has 140 valence electrons. The van der Waals surface area contributed by atoms with E-state index >= 15 is 0 Å². The molecule has 2 fully saturated rings. The molecule has 0 aromatic heterocycles. The number of hydrogen-bond acceptors (Lipinski definition) is 6. The average Bonchev–Trinajstić information content (AvgIpc) is 2.92. The van der Waals surface area contributed by atoms with Crippen molar-refractivity contribution in [2.24, 2.45) is 0 Å². The molecule has 2 aliphatic heterocycles. The van der Waals surface area contributed by atoms with E-state index in [1.54, 1.807) is 0 Å². The monoisotopic (exact) mass is 369 g/mol. The van der Waals surface area contributed by atoms with Crippen molar-refractivity contribution in [3.05, 3.63) is 35.9 Å². The summed E-state index contributed by atoms with van der Waals surface area (Å²) in [5.41, 5.74) is 1.08. The van der Waals surface area contributed by atoms with Crippen molar-refractivity contribution < 1.29 is 18.6 Å². The molecule has 1 aromatic rings. The second-order valence-corrected chi connectivity index (χ2v) is 8.47. The predicted octanol–water partition coefficient (Wildman–Crippen LogP) is -0.302. The molecular formula is C17H27N3O4S. The van der Waals surface area contributed by atoms with Crippen molar-refractivity contribution in [3.63, 3.8) is 0 Å². The minimum absolute atomic E-state index is 0.0583. The number of aliphatic hydroxyl groups is 1. The van der Waals surface area contributed by atoms with E-state index in [9.17, 15) is 8.76 Å². The number of β-amino-alcohol motifs (C(OH)–C–C–N with tert-alkyl or cyclic N) is 1. The number of nitrogens with one attached hydrogen (secondary N) is 1. The summed E-state index contributed by atoms with van der Waals surface area (Å²) >= 11 is 0. The molecule has 0 aliphatic carbocycles. The van der Waals surface area contributed by atoms with E-state index in [1.165, 1.54) is 0 Å². The quantitative estimate of drug-likeness (QED) is 0.642. The molecule has 2 aliphatic rings. The van der Waals surface area contributed by atoms with Crippen LogP contribution in [-0.2, 0) is 26.0 Å². The highest BCUT2D eigenvalue weighted by molar-refractivity contribution is 7.96. The van der Waals surface area contributed by atoms with Gasteiger partial charge < -0.3 is 14.4 Å². The van der Waals surface area contributed by atoms with Crippen LogP contribution in [0.3, 0.4) is 0 Å². The van der Waals surface area contributed by atoms with Crippen molar-refractivity contribution in [1.82, 2.24) is 14.5 Å². The van der Waals surface area contributed by atoms with Crippen LogP contribution < -0.4 is 4.72 Å². The van der Waals surface area contributed by atoms with E-state index in [0.717, 1.165) is 31.7 Å². The predicted molar refractivity (Wildman–Crippen MR) is 95.6 cm³/mol. The third-order valence-electron chi connectivity index (χ3n) is 4.89. The van der Waals surface area contributed by atoms with Gasteiger partial charge in [-0.05, 0) is 5.56 Å². The maximum absolute atomic E-state index is 12.1. The molecule has 8 heteroatoms. The molecule has 2 saturated heterocycles. The highest BCUT2D eigenvalue weighted by Gasteiger charge is 2.44. The molecule has 1 aromatic carbocycles. The molecule has 0 bridgehead atoms. The summed E-state index contributed by atoms with van der Waals surface area (Å²) in [6.45, 7) is 5.04. The lowest BCUT2D eigenvalue weighted by Gasteiger charge is -2.38. The maximum Gasteiger partial charge on any atom is 0.144 e. The van der Waals surface area contributed by atoms with Crippen molar-refractivity contribution in [2.45, 2.75) is 18.7 Å². The highest BCUT2D eigenvalue weighted by Crippen LogP contribution is 2.21. The number of hydrogen-bond donors (Lipinski definition) is 2. The van der Waals surface area contributed by atoms with Crippen LogP contribution in [0.5, 0.6) is 0 Å². The first-order valence-electron chi connectivity index (χ1n) is 8.76. The van der Waals surface area contributed by atoms with Gasteiger partial charge in [-0.2, -0.15) is 0 Å². The summed E-state index contributed by atoms with van der Waals surface area (Å²) in [5, 5.41) is 9.04. The van der Waals surface area contributed by atoms with Gasteiger partial charge in [0, 0.05) is 32.7 Å². The molecule has 3 atom stereocenters. The van der Waals surface area contributed by atoms with E-state index in [0.29, 0.717) is 19.8 Å². The van der Waals surface area contributed by atoms with Gasteiger partial charge in [0.25, 0.3) is 0 Å². The maximum atomic E-state index is 12.1. The Morgan fingerprint density at radius 2 is 1.96 bits per heavy atom. The SMILES string of the molecule is O=[S+]1([O-])C[C@@H](N2CCN(CCO)CC2)[C@@H](COCc2ccccc2)N1. The molecule has 7 nitrogen and oxygen atoms in total. The number of ether oxygens (including phenoxy) is 1. The minimum atomic E-state index is -3.24. The molecule has 1 unspecified atom stereocenters. The molecule has 0 saturated carbocycles. The Morgan fingerprint density at radius 1 is 1.24 bits per heavy atom. The van der Waals surface area contributed by atoms with Crippen LogP contribution in [0.25, 0.3) is 0 Å². The first-order chi connectivity index (χ1) is 12.1. The molecule has 2 heterocycles. The second-order valence-electron chi connectivity index (χ2n) is 6.68. The Balaban J connectivity index is 1.53. The van der Waals surface area contributed by atoms with Crippen molar-refractivity contribution >= 4 is 10.4 Å². The number of rotatable bonds is 7. The summed E-state index contributed by atoms with van der Waals surface area (Å²) < 4.78 is 32.6. The third-order valence-corrected chi connectivity index (χ3v) is 6.33. The van der Waals surface area contributed by atoms with E-state index in [1.807, 2.05) is 30.3 Å². The summed E-state index contributed by atoms with van der Waals surface area (Å²) in [7, 11) is -3.24.